The number of Topliss-reactive ketones (excluding diaryl/α,β-unsaturated/α-hetero) is 1. The molecule has 2 aromatic heterocycles. The fourth-order valence-corrected chi connectivity index (χ4v) is 2.60. The molecule has 0 aliphatic heterocycles. The molecule has 23 heavy (non-hydrogen) atoms. The van der Waals surface area contributed by atoms with Crippen LogP contribution in [0.2, 0.25) is 0 Å². The number of aromatic nitrogens is 3. The number of hydrogen-bond donors (Lipinski definition) is 0. The van der Waals surface area contributed by atoms with Crippen molar-refractivity contribution in [3.05, 3.63) is 64.1 Å². The van der Waals surface area contributed by atoms with E-state index in [1.54, 1.807) is 24.4 Å². The average molecular weight is 327 g/mol. The lowest BCUT2D eigenvalue weighted by Crippen LogP contribution is -2.14. The minimum atomic E-state index is -0.658. The minimum absolute atomic E-state index is 0.104. The number of esters is 1. The summed E-state index contributed by atoms with van der Waals surface area (Å²) in [5.74, 6) is -0.893. The lowest BCUT2D eigenvalue weighted by molar-refractivity contribution is 0.0468. The second-order valence-corrected chi connectivity index (χ2v) is 5.68. The second kappa shape index (κ2) is 6.53. The highest BCUT2D eigenvalue weighted by Gasteiger charge is 2.19. The van der Waals surface area contributed by atoms with Crippen molar-refractivity contribution >= 4 is 23.1 Å². The average Bonchev–Trinajstić information content (AvgIpc) is 3.23. The SMILES string of the molecule is Cc1nn(-c2ccccc2)nc1C(=O)OCC(=O)c1cccs1. The topological polar surface area (TPSA) is 74.1 Å². The lowest BCUT2D eigenvalue weighted by Gasteiger charge is -2.01. The Morgan fingerprint density at radius 1 is 1.13 bits per heavy atom. The highest BCUT2D eigenvalue weighted by Crippen LogP contribution is 2.11. The number of nitrogens with zero attached hydrogens (tertiary/aromatic N) is 3. The Hall–Kier alpha value is -2.80. The van der Waals surface area contributed by atoms with Gasteiger partial charge in [0.05, 0.1) is 16.3 Å². The number of rotatable bonds is 5. The monoisotopic (exact) mass is 327 g/mol. The van der Waals surface area contributed by atoms with Crippen LogP contribution in [0.3, 0.4) is 0 Å². The summed E-state index contributed by atoms with van der Waals surface area (Å²) in [6, 6.07) is 12.7. The number of hydrogen-bond acceptors (Lipinski definition) is 6. The van der Waals surface area contributed by atoms with Gasteiger partial charge < -0.3 is 4.74 Å². The quantitative estimate of drug-likeness (QED) is 0.532. The van der Waals surface area contributed by atoms with Crippen LogP contribution in [0.15, 0.2) is 47.8 Å². The van der Waals surface area contributed by atoms with E-state index in [4.69, 9.17) is 4.74 Å². The van der Waals surface area contributed by atoms with Crippen LogP contribution in [-0.4, -0.2) is 33.4 Å². The zero-order chi connectivity index (χ0) is 16.2. The fourth-order valence-electron chi connectivity index (χ4n) is 1.95. The first-order valence-electron chi connectivity index (χ1n) is 6.88. The van der Waals surface area contributed by atoms with E-state index < -0.39 is 5.97 Å². The summed E-state index contributed by atoms with van der Waals surface area (Å²) in [6.45, 7) is 1.36. The molecule has 0 saturated carbocycles. The van der Waals surface area contributed by atoms with Gasteiger partial charge in [0.2, 0.25) is 5.78 Å². The van der Waals surface area contributed by atoms with Crippen LogP contribution in [-0.2, 0) is 4.74 Å². The van der Waals surface area contributed by atoms with Crippen LogP contribution in [0.4, 0.5) is 0 Å². The Morgan fingerprint density at radius 2 is 1.91 bits per heavy atom. The molecule has 0 atom stereocenters. The number of aryl methyl sites for hydroxylation is 1. The smallest absolute Gasteiger partial charge is 0.361 e. The molecule has 2 heterocycles. The molecule has 0 amide bonds. The number of para-hydroxylation sites is 1. The molecule has 3 rings (SSSR count). The third kappa shape index (κ3) is 3.35. The molecule has 0 aliphatic rings. The molecule has 0 N–H and O–H groups in total. The molecule has 0 fully saturated rings. The number of benzene rings is 1. The molecular weight excluding hydrogens is 314 g/mol. The van der Waals surface area contributed by atoms with Crippen molar-refractivity contribution in [2.24, 2.45) is 0 Å². The van der Waals surface area contributed by atoms with Crippen molar-refractivity contribution in [3.63, 3.8) is 0 Å². The lowest BCUT2D eigenvalue weighted by atomic mass is 10.3. The second-order valence-electron chi connectivity index (χ2n) is 4.74. The Kier molecular flexibility index (Phi) is 4.29. The van der Waals surface area contributed by atoms with Gasteiger partial charge in [-0.3, -0.25) is 4.79 Å². The largest absolute Gasteiger partial charge is 0.452 e. The van der Waals surface area contributed by atoms with Gasteiger partial charge >= 0.3 is 5.97 Å². The normalized spacial score (nSPS) is 10.5. The van der Waals surface area contributed by atoms with Crippen molar-refractivity contribution in [1.82, 2.24) is 15.0 Å². The van der Waals surface area contributed by atoms with Crippen LogP contribution in [0.5, 0.6) is 0 Å². The van der Waals surface area contributed by atoms with Crippen LogP contribution in [0.25, 0.3) is 5.69 Å². The number of ketones is 1. The van der Waals surface area contributed by atoms with Gasteiger partial charge in [0, 0.05) is 0 Å². The molecule has 0 radical (unpaired) electrons. The summed E-state index contributed by atoms with van der Waals surface area (Å²) >= 11 is 1.31. The van der Waals surface area contributed by atoms with E-state index in [-0.39, 0.29) is 18.1 Å². The number of ether oxygens (including phenoxy) is 1. The summed E-state index contributed by atoms with van der Waals surface area (Å²) < 4.78 is 5.05. The van der Waals surface area contributed by atoms with Gasteiger partial charge in [-0.25, -0.2) is 4.79 Å². The molecule has 0 unspecified atom stereocenters. The van der Waals surface area contributed by atoms with Crippen molar-refractivity contribution in [3.8, 4) is 5.69 Å². The minimum Gasteiger partial charge on any atom is -0.452 e. The number of thiophene rings is 1. The molecule has 7 heteroatoms. The molecule has 3 aromatic rings. The first-order chi connectivity index (χ1) is 11.1. The summed E-state index contributed by atoms with van der Waals surface area (Å²) in [5.41, 5.74) is 1.29. The van der Waals surface area contributed by atoms with E-state index in [9.17, 15) is 9.59 Å². The van der Waals surface area contributed by atoms with Crippen molar-refractivity contribution in [2.45, 2.75) is 6.92 Å². The summed E-state index contributed by atoms with van der Waals surface area (Å²) in [5, 5.41) is 10.1. The standard InChI is InChI=1S/C16H13N3O3S/c1-11-15(18-19(17-11)12-6-3-2-4-7-12)16(21)22-10-13(20)14-8-5-9-23-14/h2-9H,10H2,1H3. The van der Waals surface area contributed by atoms with E-state index in [1.807, 2.05) is 30.3 Å². The first-order valence-corrected chi connectivity index (χ1v) is 7.76. The Morgan fingerprint density at radius 3 is 2.61 bits per heavy atom. The van der Waals surface area contributed by atoms with Gasteiger partial charge in [-0.2, -0.15) is 9.90 Å². The Balaban J connectivity index is 1.70. The summed E-state index contributed by atoms with van der Waals surface area (Å²) in [6.07, 6.45) is 0. The van der Waals surface area contributed by atoms with E-state index >= 15 is 0 Å². The summed E-state index contributed by atoms with van der Waals surface area (Å²) in [7, 11) is 0. The van der Waals surface area contributed by atoms with Gasteiger partial charge in [-0.1, -0.05) is 24.3 Å². The summed E-state index contributed by atoms with van der Waals surface area (Å²) in [4.78, 5) is 25.9. The van der Waals surface area contributed by atoms with Gasteiger partial charge in [0.15, 0.2) is 12.3 Å². The van der Waals surface area contributed by atoms with Gasteiger partial charge in [-0.15, -0.1) is 16.4 Å². The molecule has 1 aromatic carbocycles. The van der Waals surface area contributed by atoms with E-state index in [1.165, 1.54) is 16.1 Å². The van der Waals surface area contributed by atoms with Gasteiger partial charge in [0.25, 0.3) is 0 Å². The van der Waals surface area contributed by atoms with Crippen molar-refractivity contribution in [1.29, 1.82) is 0 Å². The maximum Gasteiger partial charge on any atom is 0.361 e. The van der Waals surface area contributed by atoms with Crippen molar-refractivity contribution in [2.75, 3.05) is 6.61 Å². The number of carbonyl (C=O) groups is 2. The number of carbonyl (C=O) groups excluding carboxylic acids is 2. The van der Waals surface area contributed by atoms with E-state index in [2.05, 4.69) is 10.2 Å². The van der Waals surface area contributed by atoms with Gasteiger partial charge in [0.1, 0.15) is 0 Å². The predicted octanol–water partition coefficient (Wildman–Crippen LogP) is 2.68. The fraction of sp³-hybridized carbons (Fsp3) is 0.125. The predicted molar refractivity (Wildman–Crippen MR) is 85.0 cm³/mol. The van der Waals surface area contributed by atoms with Crippen LogP contribution < -0.4 is 0 Å². The van der Waals surface area contributed by atoms with Crippen LogP contribution in [0, 0.1) is 6.92 Å². The third-order valence-corrected chi connectivity index (χ3v) is 4.00. The van der Waals surface area contributed by atoms with Crippen LogP contribution >= 0.6 is 11.3 Å². The molecular formula is C16H13N3O3S. The van der Waals surface area contributed by atoms with E-state index in [0.29, 0.717) is 10.6 Å². The molecule has 6 nitrogen and oxygen atoms in total. The van der Waals surface area contributed by atoms with Crippen LogP contribution in [0.1, 0.15) is 25.9 Å². The highest BCUT2D eigenvalue weighted by molar-refractivity contribution is 7.12. The molecule has 0 bridgehead atoms. The highest BCUT2D eigenvalue weighted by atomic mass is 32.1. The molecule has 116 valence electrons. The molecule has 0 saturated heterocycles. The first kappa shape index (κ1) is 15.1. The maximum atomic E-state index is 12.1. The third-order valence-electron chi connectivity index (χ3n) is 3.09. The maximum absolute atomic E-state index is 12.1. The van der Waals surface area contributed by atoms with Gasteiger partial charge in [-0.05, 0) is 30.5 Å². The zero-order valence-electron chi connectivity index (χ0n) is 12.3. The van der Waals surface area contributed by atoms with Crippen molar-refractivity contribution < 1.29 is 14.3 Å². The Labute approximate surface area is 136 Å². The molecule has 0 aliphatic carbocycles. The zero-order valence-corrected chi connectivity index (χ0v) is 13.1. The van der Waals surface area contributed by atoms with E-state index in [0.717, 1.165) is 5.69 Å². The Bertz CT molecular complexity index is 826. The molecule has 0 spiro atoms.